The van der Waals surface area contributed by atoms with E-state index in [2.05, 4.69) is 15.0 Å². The summed E-state index contributed by atoms with van der Waals surface area (Å²) < 4.78 is 43.7. The fourth-order valence-corrected chi connectivity index (χ4v) is 5.43. The number of nitrogens with zero attached hydrogens (tertiary/aromatic N) is 2. The number of para-hydroxylation sites is 1. The fraction of sp³-hybridized carbons (Fsp3) is 0.259. The quantitative estimate of drug-likeness (QED) is 0.348. The molecule has 5 rings (SSSR count). The summed E-state index contributed by atoms with van der Waals surface area (Å²) in [5, 5.41) is 14.1. The van der Waals surface area contributed by atoms with Crippen molar-refractivity contribution in [2.45, 2.75) is 31.0 Å². The molecule has 37 heavy (non-hydrogen) atoms. The van der Waals surface area contributed by atoms with Gasteiger partial charge in [0.05, 0.1) is 21.3 Å². The Kier molecular flexibility index (Phi) is 7.14. The molecule has 3 aromatic carbocycles. The molecule has 10 heteroatoms. The molecule has 1 saturated heterocycles. The Morgan fingerprint density at radius 2 is 1.86 bits per heavy atom. The number of alkyl halides is 3. The Hall–Kier alpha value is -3.47. The van der Waals surface area contributed by atoms with Gasteiger partial charge in [0.25, 0.3) is 5.91 Å². The minimum Gasteiger partial charge on any atom is -0.405 e. The van der Waals surface area contributed by atoms with E-state index >= 15 is 0 Å². The second kappa shape index (κ2) is 10.5. The summed E-state index contributed by atoms with van der Waals surface area (Å²) in [6.07, 6.45) is -5.29. The summed E-state index contributed by atoms with van der Waals surface area (Å²) in [7, 11) is 0. The molecule has 0 radical (unpaired) electrons. The number of nitrogens with one attached hydrogen (secondary N) is 1. The van der Waals surface area contributed by atoms with Gasteiger partial charge in [0, 0.05) is 25.0 Å². The average molecular weight is 528 g/mol. The molecule has 1 unspecified atom stereocenters. The highest BCUT2D eigenvalue weighted by molar-refractivity contribution is 7.16. The lowest BCUT2D eigenvalue weighted by Crippen LogP contribution is -2.50. The number of hydrogen-bond acceptors (Lipinski definition) is 6. The van der Waals surface area contributed by atoms with Crippen molar-refractivity contribution >= 4 is 27.5 Å². The standard InChI is InChI=1S/C27H24F3N3O3S/c28-27(29,30)36-23-9-5-4-8-19(23)25(34)32-21-12-13-33(15-20(21)17-6-2-1-3-7-17)26(35)18-10-11-24-22(14-18)31-16-37-24/h1-11,14,16,20-21,26,35H,12-13,15H2,(H,32,34)/t20-,21-,26?/m1/s1. The molecule has 1 aromatic heterocycles. The average Bonchev–Trinajstić information content (AvgIpc) is 3.36. The molecule has 6 nitrogen and oxygen atoms in total. The zero-order valence-corrected chi connectivity index (χ0v) is 20.4. The van der Waals surface area contributed by atoms with Crippen LogP contribution in [0.3, 0.4) is 0 Å². The van der Waals surface area contributed by atoms with Gasteiger partial charge in [0.1, 0.15) is 12.0 Å². The third-order valence-corrected chi connectivity index (χ3v) is 7.35. The molecule has 1 amide bonds. The maximum atomic E-state index is 13.1. The predicted molar refractivity (Wildman–Crippen MR) is 134 cm³/mol. The number of rotatable bonds is 6. The van der Waals surface area contributed by atoms with Crippen LogP contribution < -0.4 is 10.1 Å². The number of amides is 1. The van der Waals surface area contributed by atoms with Crippen LogP contribution >= 0.6 is 11.3 Å². The van der Waals surface area contributed by atoms with E-state index in [-0.39, 0.29) is 17.5 Å². The van der Waals surface area contributed by atoms with Gasteiger partial charge in [-0.2, -0.15) is 0 Å². The van der Waals surface area contributed by atoms with Crippen LogP contribution in [0.25, 0.3) is 10.2 Å². The number of aliphatic hydroxyl groups excluding tert-OH is 1. The molecule has 1 fully saturated rings. The van der Waals surface area contributed by atoms with Gasteiger partial charge >= 0.3 is 6.36 Å². The predicted octanol–water partition coefficient (Wildman–Crippen LogP) is 5.47. The molecular formula is C27H24F3N3O3S. The van der Waals surface area contributed by atoms with Crippen molar-refractivity contribution in [3.05, 3.63) is 95.0 Å². The number of likely N-dealkylation sites (tertiary alicyclic amines) is 1. The van der Waals surface area contributed by atoms with Crippen LogP contribution in [0.1, 0.15) is 40.1 Å². The topological polar surface area (TPSA) is 74.7 Å². The Balaban J connectivity index is 1.37. The van der Waals surface area contributed by atoms with E-state index in [9.17, 15) is 23.1 Å². The first-order valence-electron chi connectivity index (χ1n) is 11.7. The van der Waals surface area contributed by atoms with Crippen LogP contribution in [0.5, 0.6) is 5.75 Å². The van der Waals surface area contributed by atoms with Crippen molar-refractivity contribution in [3.8, 4) is 5.75 Å². The minimum atomic E-state index is -4.91. The number of aliphatic hydroxyl groups is 1. The van der Waals surface area contributed by atoms with Gasteiger partial charge in [-0.15, -0.1) is 24.5 Å². The third-order valence-electron chi connectivity index (χ3n) is 6.54. The number of aromatic nitrogens is 1. The highest BCUT2D eigenvalue weighted by atomic mass is 32.1. The second-order valence-electron chi connectivity index (χ2n) is 8.88. The monoisotopic (exact) mass is 527 g/mol. The molecule has 2 heterocycles. The van der Waals surface area contributed by atoms with Crippen molar-refractivity contribution in [2.24, 2.45) is 0 Å². The van der Waals surface area contributed by atoms with Crippen LogP contribution in [0.15, 0.2) is 78.3 Å². The molecule has 0 saturated carbocycles. The van der Waals surface area contributed by atoms with Gasteiger partial charge in [-0.05, 0) is 41.8 Å². The summed E-state index contributed by atoms with van der Waals surface area (Å²) in [5.74, 6) is -1.39. The van der Waals surface area contributed by atoms with E-state index in [1.807, 2.05) is 53.4 Å². The van der Waals surface area contributed by atoms with Gasteiger partial charge in [-0.3, -0.25) is 9.69 Å². The zero-order chi connectivity index (χ0) is 26.0. The number of benzene rings is 3. The van der Waals surface area contributed by atoms with Crippen molar-refractivity contribution < 1.29 is 27.8 Å². The molecule has 3 atom stereocenters. The van der Waals surface area contributed by atoms with E-state index < -0.39 is 24.2 Å². The Bertz CT molecular complexity index is 1380. The SMILES string of the molecule is O=C(N[C@@H]1CCN(C(O)c2ccc3scnc3c2)C[C@@H]1c1ccccc1)c1ccccc1OC(F)(F)F. The molecule has 0 bridgehead atoms. The molecule has 2 N–H and O–H groups in total. The number of ether oxygens (including phenoxy) is 1. The van der Waals surface area contributed by atoms with E-state index in [1.165, 1.54) is 29.5 Å². The number of halogens is 3. The lowest BCUT2D eigenvalue weighted by Gasteiger charge is -2.41. The maximum Gasteiger partial charge on any atom is 0.573 e. The van der Waals surface area contributed by atoms with Gasteiger partial charge in [0.2, 0.25) is 0 Å². The summed E-state index contributed by atoms with van der Waals surface area (Å²) in [6.45, 7) is 0.914. The number of thiazole rings is 1. The van der Waals surface area contributed by atoms with Crippen LogP contribution in [-0.2, 0) is 0 Å². The van der Waals surface area contributed by atoms with Crippen molar-refractivity contribution in [3.63, 3.8) is 0 Å². The molecule has 4 aromatic rings. The van der Waals surface area contributed by atoms with Gasteiger partial charge in [0.15, 0.2) is 0 Å². The van der Waals surface area contributed by atoms with Gasteiger partial charge < -0.3 is 15.2 Å². The lowest BCUT2D eigenvalue weighted by atomic mass is 9.85. The number of piperidine rings is 1. The molecule has 1 aliphatic rings. The van der Waals surface area contributed by atoms with E-state index in [0.717, 1.165) is 27.4 Å². The van der Waals surface area contributed by atoms with Crippen LogP contribution in [0.2, 0.25) is 0 Å². The zero-order valence-electron chi connectivity index (χ0n) is 19.6. The first-order chi connectivity index (χ1) is 17.8. The van der Waals surface area contributed by atoms with E-state index in [1.54, 1.807) is 5.51 Å². The fourth-order valence-electron chi connectivity index (χ4n) is 4.77. The Morgan fingerprint density at radius 1 is 1.11 bits per heavy atom. The highest BCUT2D eigenvalue weighted by Crippen LogP contribution is 2.33. The Labute approximate surface area is 215 Å². The Morgan fingerprint density at radius 3 is 2.65 bits per heavy atom. The number of carbonyl (C=O) groups excluding carboxylic acids is 1. The first-order valence-corrected chi connectivity index (χ1v) is 12.6. The normalized spacial score (nSPS) is 19.5. The smallest absolute Gasteiger partial charge is 0.405 e. The van der Waals surface area contributed by atoms with Gasteiger partial charge in [-0.25, -0.2) is 4.98 Å². The third kappa shape index (κ3) is 5.76. The molecular weight excluding hydrogens is 503 g/mol. The highest BCUT2D eigenvalue weighted by Gasteiger charge is 2.36. The van der Waals surface area contributed by atoms with Crippen molar-refractivity contribution in [1.29, 1.82) is 0 Å². The second-order valence-corrected chi connectivity index (χ2v) is 9.76. The van der Waals surface area contributed by atoms with Crippen molar-refractivity contribution in [1.82, 2.24) is 15.2 Å². The van der Waals surface area contributed by atoms with Crippen molar-refractivity contribution in [2.75, 3.05) is 13.1 Å². The van der Waals surface area contributed by atoms with Gasteiger partial charge in [-0.1, -0.05) is 48.5 Å². The number of hydrogen-bond donors (Lipinski definition) is 2. The number of carbonyl (C=O) groups is 1. The van der Waals surface area contributed by atoms with Crippen LogP contribution in [-0.4, -0.2) is 46.4 Å². The molecule has 1 aliphatic heterocycles. The van der Waals surface area contributed by atoms with E-state index in [0.29, 0.717) is 19.5 Å². The van der Waals surface area contributed by atoms with Crippen LogP contribution in [0.4, 0.5) is 13.2 Å². The molecule has 192 valence electrons. The summed E-state index contributed by atoms with van der Waals surface area (Å²) >= 11 is 1.53. The van der Waals surface area contributed by atoms with E-state index in [4.69, 9.17) is 0 Å². The maximum absolute atomic E-state index is 13.1. The molecule has 0 aliphatic carbocycles. The molecule has 0 spiro atoms. The lowest BCUT2D eigenvalue weighted by molar-refractivity contribution is -0.274. The first kappa shape index (κ1) is 25.2. The number of fused-ring (bicyclic) bond motifs is 1. The largest absolute Gasteiger partial charge is 0.573 e. The minimum absolute atomic E-state index is 0.189. The summed E-state index contributed by atoms with van der Waals surface area (Å²) in [6, 6.07) is 20.2. The summed E-state index contributed by atoms with van der Waals surface area (Å²) in [4.78, 5) is 19.4. The van der Waals surface area contributed by atoms with Crippen LogP contribution in [0, 0.1) is 0 Å². The summed E-state index contributed by atoms with van der Waals surface area (Å²) in [5.41, 5.74) is 4.08.